The Morgan fingerprint density at radius 3 is 1.87 bits per heavy atom. The highest BCUT2D eigenvalue weighted by Crippen LogP contribution is 2.24. The Kier molecular flexibility index (Phi) is 5.28. The summed E-state index contributed by atoms with van der Waals surface area (Å²) in [5.41, 5.74) is 3.11. The molecule has 0 aliphatic heterocycles. The average molecular weight is 331 g/mol. The van der Waals surface area contributed by atoms with E-state index in [9.17, 15) is 13.8 Å². The highest BCUT2D eigenvalue weighted by molar-refractivity contribution is 7.85. The number of carboxylic acids is 1. The molecule has 0 amide bonds. The number of rotatable bonds is 6. The molecular formula is C17H17NO4S. The van der Waals surface area contributed by atoms with Crippen molar-refractivity contribution in [2.75, 3.05) is 17.1 Å². The molecule has 0 saturated carbocycles. The van der Waals surface area contributed by atoms with Crippen LogP contribution in [-0.4, -0.2) is 33.9 Å². The van der Waals surface area contributed by atoms with Gasteiger partial charge in [0.1, 0.15) is 17.5 Å². The van der Waals surface area contributed by atoms with E-state index in [0.717, 1.165) is 11.1 Å². The number of anilines is 1. The molecule has 0 saturated heterocycles. The minimum Gasteiger partial charge on any atom is -0.480 e. The third-order valence-corrected chi connectivity index (χ3v) is 4.33. The second kappa shape index (κ2) is 7.19. The third-order valence-electron chi connectivity index (χ3n) is 3.37. The van der Waals surface area contributed by atoms with Gasteiger partial charge in [0.25, 0.3) is 0 Å². The number of carbonyl (C=O) groups is 2. The zero-order valence-corrected chi connectivity index (χ0v) is 13.7. The maximum Gasteiger partial charge on any atom is 0.324 e. The number of aliphatic carboxylic acids is 1. The van der Waals surface area contributed by atoms with Gasteiger partial charge in [0.15, 0.2) is 5.78 Å². The number of hydrogen-bond donors (Lipinski definition) is 1. The molecular weight excluding hydrogens is 314 g/mol. The van der Waals surface area contributed by atoms with Crippen molar-refractivity contribution in [3.63, 3.8) is 0 Å². The molecule has 1 unspecified atom stereocenters. The quantitative estimate of drug-likeness (QED) is 0.826. The molecule has 0 aliphatic carbocycles. The summed E-state index contributed by atoms with van der Waals surface area (Å²) in [7, 11) is -1.42. The molecule has 0 aromatic heterocycles. The number of Topliss-reactive ketones (excluding diaryl/α,β-unsaturated/α-hetero) is 1. The summed E-state index contributed by atoms with van der Waals surface area (Å²) < 4.78 is 13.0. The standard InChI is InChI=1S/C17H17NO4S/c1-12(19)13-3-5-14(6-4-13)15-7-9-16(10-8-15)18(23(2)22)11-17(20)21/h3-10H,11H2,1-2H3,(H,20,21). The molecule has 0 radical (unpaired) electrons. The van der Waals surface area contributed by atoms with Gasteiger partial charge in [-0.1, -0.05) is 36.4 Å². The lowest BCUT2D eigenvalue weighted by Crippen LogP contribution is -2.30. The monoisotopic (exact) mass is 331 g/mol. The molecule has 0 aliphatic rings. The van der Waals surface area contributed by atoms with Gasteiger partial charge in [-0.25, -0.2) is 4.21 Å². The number of benzene rings is 2. The number of carbonyl (C=O) groups excluding carboxylic acids is 1. The molecule has 2 rings (SSSR count). The molecule has 0 bridgehead atoms. The van der Waals surface area contributed by atoms with Gasteiger partial charge < -0.3 is 5.11 Å². The van der Waals surface area contributed by atoms with Crippen molar-refractivity contribution in [1.82, 2.24) is 0 Å². The lowest BCUT2D eigenvalue weighted by molar-refractivity contribution is -0.135. The Morgan fingerprint density at radius 2 is 1.48 bits per heavy atom. The molecule has 0 heterocycles. The zero-order valence-electron chi connectivity index (χ0n) is 12.9. The highest BCUT2D eigenvalue weighted by Gasteiger charge is 2.14. The largest absolute Gasteiger partial charge is 0.480 e. The lowest BCUT2D eigenvalue weighted by Gasteiger charge is -2.19. The SMILES string of the molecule is CC(=O)c1ccc(-c2ccc(N(CC(=O)O)S(C)=O)cc2)cc1. The van der Waals surface area contributed by atoms with Crippen LogP contribution in [0.4, 0.5) is 5.69 Å². The van der Waals surface area contributed by atoms with Crippen LogP contribution in [0, 0.1) is 0 Å². The summed E-state index contributed by atoms with van der Waals surface area (Å²) in [4.78, 5) is 22.1. The van der Waals surface area contributed by atoms with E-state index in [1.54, 1.807) is 24.3 Å². The van der Waals surface area contributed by atoms with Crippen LogP contribution in [-0.2, 0) is 15.8 Å². The molecule has 2 aromatic rings. The molecule has 0 fully saturated rings. The van der Waals surface area contributed by atoms with Crippen LogP contribution in [0.2, 0.25) is 0 Å². The van der Waals surface area contributed by atoms with Crippen LogP contribution in [0.1, 0.15) is 17.3 Å². The first-order valence-electron chi connectivity index (χ1n) is 6.93. The summed E-state index contributed by atoms with van der Waals surface area (Å²) in [5, 5.41) is 8.89. The minimum absolute atomic E-state index is 0.0154. The predicted molar refractivity (Wildman–Crippen MR) is 90.9 cm³/mol. The van der Waals surface area contributed by atoms with Crippen LogP contribution >= 0.6 is 0 Å². The second-order valence-electron chi connectivity index (χ2n) is 5.03. The van der Waals surface area contributed by atoms with Crippen LogP contribution in [0.15, 0.2) is 48.5 Å². The Balaban J connectivity index is 2.25. The van der Waals surface area contributed by atoms with E-state index in [1.807, 2.05) is 24.3 Å². The molecule has 6 heteroatoms. The molecule has 23 heavy (non-hydrogen) atoms. The zero-order chi connectivity index (χ0) is 17.0. The van der Waals surface area contributed by atoms with E-state index in [1.165, 1.54) is 17.5 Å². The van der Waals surface area contributed by atoms with Gasteiger partial charge in [0.05, 0.1) is 0 Å². The first kappa shape index (κ1) is 16.9. The van der Waals surface area contributed by atoms with Crippen molar-refractivity contribution >= 4 is 28.4 Å². The summed E-state index contributed by atoms with van der Waals surface area (Å²) in [6.45, 7) is 1.20. The number of ketones is 1. The van der Waals surface area contributed by atoms with Crippen molar-refractivity contribution in [2.24, 2.45) is 0 Å². The summed E-state index contributed by atoms with van der Waals surface area (Å²) in [5.74, 6) is -1.02. The van der Waals surface area contributed by atoms with Crippen molar-refractivity contribution in [2.45, 2.75) is 6.92 Å². The van der Waals surface area contributed by atoms with E-state index in [0.29, 0.717) is 11.3 Å². The maximum atomic E-state index is 11.7. The Bertz CT molecular complexity index is 738. The molecule has 5 nitrogen and oxygen atoms in total. The van der Waals surface area contributed by atoms with Crippen LogP contribution in [0.25, 0.3) is 11.1 Å². The van der Waals surface area contributed by atoms with E-state index in [-0.39, 0.29) is 12.3 Å². The van der Waals surface area contributed by atoms with Gasteiger partial charge in [-0.15, -0.1) is 0 Å². The van der Waals surface area contributed by atoms with Crippen molar-refractivity contribution in [1.29, 1.82) is 0 Å². The molecule has 0 spiro atoms. The smallest absolute Gasteiger partial charge is 0.324 e. The van der Waals surface area contributed by atoms with Gasteiger partial charge in [0, 0.05) is 17.5 Å². The molecule has 1 atom stereocenters. The molecule has 1 N–H and O–H groups in total. The van der Waals surface area contributed by atoms with Gasteiger partial charge >= 0.3 is 5.97 Å². The average Bonchev–Trinajstić information content (AvgIpc) is 2.52. The normalized spacial score (nSPS) is 11.7. The van der Waals surface area contributed by atoms with Gasteiger partial charge in [-0.2, -0.15) is 0 Å². The van der Waals surface area contributed by atoms with Crippen molar-refractivity contribution in [3.8, 4) is 11.1 Å². The fourth-order valence-electron chi connectivity index (χ4n) is 2.17. The minimum atomic E-state index is -1.42. The number of nitrogens with zero attached hydrogens (tertiary/aromatic N) is 1. The van der Waals surface area contributed by atoms with Crippen LogP contribution in [0.3, 0.4) is 0 Å². The number of hydrogen-bond acceptors (Lipinski definition) is 3. The summed E-state index contributed by atoms with van der Waals surface area (Å²) >= 11 is 0. The Hall–Kier alpha value is -2.47. The Labute approximate surface area is 137 Å². The van der Waals surface area contributed by atoms with Crippen LogP contribution < -0.4 is 4.31 Å². The van der Waals surface area contributed by atoms with E-state index in [2.05, 4.69) is 0 Å². The highest BCUT2D eigenvalue weighted by atomic mass is 32.2. The Morgan fingerprint density at radius 1 is 1.00 bits per heavy atom. The summed E-state index contributed by atoms with van der Waals surface area (Å²) in [6, 6.07) is 14.4. The van der Waals surface area contributed by atoms with E-state index < -0.39 is 17.0 Å². The topological polar surface area (TPSA) is 74.7 Å². The first-order chi connectivity index (χ1) is 10.9. The fourth-order valence-corrected chi connectivity index (χ4v) is 2.88. The maximum absolute atomic E-state index is 11.7. The van der Waals surface area contributed by atoms with E-state index in [4.69, 9.17) is 5.11 Å². The number of carboxylic acid groups (broad SMARTS) is 1. The summed E-state index contributed by atoms with van der Waals surface area (Å²) in [6.07, 6.45) is 1.44. The predicted octanol–water partition coefficient (Wildman–Crippen LogP) is 2.74. The lowest BCUT2D eigenvalue weighted by atomic mass is 10.0. The van der Waals surface area contributed by atoms with Gasteiger partial charge in [-0.3, -0.25) is 13.9 Å². The molecule has 2 aromatic carbocycles. The van der Waals surface area contributed by atoms with Crippen molar-refractivity contribution in [3.05, 3.63) is 54.1 Å². The second-order valence-corrected chi connectivity index (χ2v) is 6.32. The van der Waals surface area contributed by atoms with Gasteiger partial charge in [0.2, 0.25) is 0 Å². The van der Waals surface area contributed by atoms with Crippen LogP contribution in [0.5, 0.6) is 0 Å². The van der Waals surface area contributed by atoms with Crippen molar-refractivity contribution < 1.29 is 18.9 Å². The fraction of sp³-hybridized carbons (Fsp3) is 0.176. The third kappa shape index (κ3) is 4.26. The molecule has 120 valence electrons. The van der Waals surface area contributed by atoms with Gasteiger partial charge in [-0.05, 0) is 30.2 Å². The van der Waals surface area contributed by atoms with E-state index >= 15 is 0 Å². The first-order valence-corrected chi connectivity index (χ1v) is 8.44.